The number of hydrogen-bond acceptors (Lipinski definition) is 3. The molecule has 0 aromatic carbocycles. The molecule has 0 spiro atoms. The lowest BCUT2D eigenvalue weighted by molar-refractivity contribution is 0.114. The molecule has 2 rings (SSSR count). The molecule has 0 bridgehead atoms. The van der Waals surface area contributed by atoms with Crippen LogP contribution in [0.2, 0.25) is 0 Å². The van der Waals surface area contributed by atoms with Crippen LogP contribution in [0.4, 0.5) is 0 Å². The number of nitrogens with two attached hydrogens (primary N) is 1. The average Bonchev–Trinajstić information content (AvgIpc) is 2.96. The zero-order valence-corrected chi connectivity index (χ0v) is 10.0. The quantitative estimate of drug-likeness (QED) is 0.615. The van der Waals surface area contributed by atoms with Crippen molar-refractivity contribution in [1.82, 2.24) is 5.32 Å². The molecule has 0 radical (unpaired) electrons. The normalized spacial score (nSPS) is 21.2. The predicted molar refractivity (Wildman–Crippen MR) is 66.6 cm³/mol. The molecule has 5 heteroatoms. The lowest BCUT2D eigenvalue weighted by atomic mass is 10.2. The van der Waals surface area contributed by atoms with E-state index in [4.69, 9.17) is 10.5 Å². The number of hydrogen-bond donors (Lipinski definition) is 2. The number of thiophene rings is 1. The smallest absolute Gasteiger partial charge is 0.189 e. The molecular formula is C11H17N3OS. The van der Waals surface area contributed by atoms with E-state index in [1.54, 1.807) is 11.3 Å². The van der Waals surface area contributed by atoms with E-state index in [0.717, 1.165) is 26.0 Å². The molecule has 0 aliphatic carbocycles. The van der Waals surface area contributed by atoms with Crippen molar-refractivity contribution in [2.75, 3.05) is 13.2 Å². The Kier molecular flexibility index (Phi) is 4.18. The van der Waals surface area contributed by atoms with Crippen LogP contribution in [0, 0.1) is 0 Å². The van der Waals surface area contributed by atoms with Gasteiger partial charge in [0.15, 0.2) is 5.96 Å². The largest absolute Gasteiger partial charge is 0.376 e. The van der Waals surface area contributed by atoms with Crippen molar-refractivity contribution in [3.63, 3.8) is 0 Å². The number of nitrogens with one attached hydrogen (secondary N) is 1. The molecule has 16 heavy (non-hydrogen) atoms. The molecule has 1 aromatic rings. The third-order valence-corrected chi connectivity index (χ3v) is 3.28. The fourth-order valence-electron chi connectivity index (χ4n) is 1.64. The highest BCUT2D eigenvalue weighted by Gasteiger charge is 2.14. The molecule has 1 unspecified atom stereocenters. The van der Waals surface area contributed by atoms with Crippen LogP contribution in [0.25, 0.3) is 0 Å². The first kappa shape index (κ1) is 11.4. The van der Waals surface area contributed by atoms with E-state index in [1.807, 2.05) is 5.38 Å². The second-order valence-corrected chi connectivity index (χ2v) is 4.63. The van der Waals surface area contributed by atoms with Crippen LogP contribution in [0.3, 0.4) is 0 Å². The Hall–Kier alpha value is -1.07. The first-order valence-electron chi connectivity index (χ1n) is 5.51. The fourth-order valence-corrected chi connectivity index (χ4v) is 2.30. The standard InChI is InChI=1S/C11H17N3OS/c12-11(13-6-9-3-5-16-8-9)14-7-10-2-1-4-15-10/h3,5,8,10H,1-2,4,6-7H2,(H3,12,13,14). The maximum absolute atomic E-state index is 5.76. The van der Waals surface area contributed by atoms with Gasteiger partial charge in [0.05, 0.1) is 12.6 Å². The zero-order valence-electron chi connectivity index (χ0n) is 9.19. The Labute approximate surface area is 99.5 Å². The minimum absolute atomic E-state index is 0.301. The summed E-state index contributed by atoms with van der Waals surface area (Å²) in [6.45, 7) is 2.28. The van der Waals surface area contributed by atoms with Gasteiger partial charge < -0.3 is 15.8 Å². The summed E-state index contributed by atoms with van der Waals surface area (Å²) in [7, 11) is 0. The second-order valence-electron chi connectivity index (χ2n) is 3.85. The first-order valence-corrected chi connectivity index (χ1v) is 6.45. The molecule has 0 saturated carbocycles. The summed E-state index contributed by atoms with van der Waals surface area (Å²) in [6, 6.07) is 2.06. The molecule has 4 nitrogen and oxygen atoms in total. The highest BCUT2D eigenvalue weighted by Crippen LogP contribution is 2.10. The highest BCUT2D eigenvalue weighted by molar-refractivity contribution is 7.07. The Morgan fingerprint density at radius 2 is 2.62 bits per heavy atom. The average molecular weight is 239 g/mol. The lowest BCUT2D eigenvalue weighted by Crippen LogP contribution is -2.37. The van der Waals surface area contributed by atoms with Crippen molar-refractivity contribution in [3.8, 4) is 0 Å². The van der Waals surface area contributed by atoms with Gasteiger partial charge in [-0.2, -0.15) is 11.3 Å². The SMILES string of the molecule is NC(=NCc1ccsc1)NCC1CCCO1. The van der Waals surface area contributed by atoms with Crippen molar-refractivity contribution < 1.29 is 4.74 Å². The van der Waals surface area contributed by atoms with Crippen LogP contribution in [0.5, 0.6) is 0 Å². The van der Waals surface area contributed by atoms with Crippen molar-refractivity contribution in [2.45, 2.75) is 25.5 Å². The van der Waals surface area contributed by atoms with Gasteiger partial charge in [-0.15, -0.1) is 0 Å². The summed E-state index contributed by atoms with van der Waals surface area (Å²) in [6.07, 6.45) is 2.57. The molecule has 2 heterocycles. The van der Waals surface area contributed by atoms with Crippen molar-refractivity contribution >= 4 is 17.3 Å². The summed E-state index contributed by atoms with van der Waals surface area (Å²) in [4.78, 5) is 4.26. The highest BCUT2D eigenvalue weighted by atomic mass is 32.1. The van der Waals surface area contributed by atoms with Gasteiger partial charge in [-0.1, -0.05) is 0 Å². The topological polar surface area (TPSA) is 59.6 Å². The van der Waals surface area contributed by atoms with E-state index in [1.165, 1.54) is 5.56 Å². The molecule has 1 aromatic heterocycles. The molecule has 1 saturated heterocycles. The number of aliphatic imine (C=N–C) groups is 1. The third kappa shape index (κ3) is 3.50. The summed E-state index contributed by atoms with van der Waals surface area (Å²) < 4.78 is 5.48. The van der Waals surface area contributed by atoms with Gasteiger partial charge in [0.25, 0.3) is 0 Å². The molecule has 3 N–H and O–H groups in total. The van der Waals surface area contributed by atoms with Crippen LogP contribution >= 0.6 is 11.3 Å². The van der Waals surface area contributed by atoms with E-state index in [-0.39, 0.29) is 0 Å². The Morgan fingerprint density at radius 3 is 3.31 bits per heavy atom. The van der Waals surface area contributed by atoms with Crippen LogP contribution in [-0.4, -0.2) is 25.2 Å². The monoisotopic (exact) mass is 239 g/mol. The number of guanidine groups is 1. The first-order chi connectivity index (χ1) is 7.84. The van der Waals surface area contributed by atoms with Crippen LogP contribution in [0.1, 0.15) is 18.4 Å². The van der Waals surface area contributed by atoms with E-state index in [2.05, 4.69) is 21.8 Å². The number of rotatable bonds is 4. The van der Waals surface area contributed by atoms with E-state index >= 15 is 0 Å². The summed E-state index contributed by atoms with van der Waals surface area (Å²) in [5, 5.41) is 7.22. The summed E-state index contributed by atoms with van der Waals surface area (Å²) >= 11 is 1.67. The van der Waals surface area contributed by atoms with Crippen LogP contribution in [0.15, 0.2) is 21.8 Å². The summed E-state index contributed by atoms with van der Waals surface area (Å²) in [5.41, 5.74) is 6.96. The molecule has 1 aliphatic heterocycles. The Balaban J connectivity index is 1.70. The predicted octanol–water partition coefficient (Wildman–Crippen LogP) is 1.33. The minimum Gasteiger partial charge on any atom is -0.376 e. The lowest BCUT2D eigenvalue weighted by Gasteiger charge is -2.10. The summed E-state index contributed by atoms with van der Waals surface area (Å²) in [5.74, 6) is 0.502. The van der Waals surface area contributed by atoms with Gasteiger partial charge in [0.2, 0.25) is 0 Å². The van der Waals surface area contributed by atoms with E-state index < -0.39 is 0 Å². The molecule has 1 fully saturated rings. The van der Waals surface area contributed by atoms with Gasteiger partial charge in [-0.05, 0) is 35.2 Å². The van der Waals surface area contributed by atoms with Crippen LogP contribution in [-0.2, 0) is 11.3 Å². The van der Waals surface area contributed by atoms with Gasteiger partial charge in [-0.25, -0.2) is 4.99 Å². The number of nitrogens with zero attached hydrogens (tertiary/aromatic N) is 1. The van der Waals surface area contributed by atoms with Crippen molar-refractivity contribution in [2.24, 2.45) is 10.7 Å². The van der Waals surface area contributed by atoms with Crippen molar-refractivity contribution in [3.05, 3.63) is 22.4 Å². The Bertz CT molecular complexity index is 331. The maximum atomic E-state index is 5.76. The van der Waals surface area contributed by atoms with Gasteiger partial charge in [0.1, 0.15) is 0 Å². The maximum Gasteiger partial charge on any atom is 0.189 e. The molecule has 1 atom stereocenters. The Morgan fingerprint density at radius 1 is 1.69 bits per heavy atom. The van der Waals surface area contributed by atoms with Crippen molar-refractivity contribution in [1.29, 1.82) is 0 Å². The van der Waals surface area contributed by atoms with E-state index in [0.29, 0.717) is 18.6 Å². The van der Waals surface area contributed by atoms with Crippen LogP contribution < -0.4 is 11.1 Å². The van der Waals surface area contributed by atoms with Gasteiger partial charge in [0, 0.05) is 13.2 Å². The molecule has 1 aliphatic rings. The van der Waals surface area contributed by atoms with E-state index in [9.17, 15) is 0 Å². The van der Waals surface area contributed by atoms with Gasteiger partial charge >= 0.3 is 0 Å². The third-order valence-electron chi connectivity index (χ3n) is 2.55. The second kappa shape index (κ2) is 5.86. The molecule has 0 amide bonds. The number of ether oxygens (including phenoxy) is 1. The minimum atomic E-state index is 0.301. The zero-order chi connectivity index (χ0) is 11.2. The molecular weight excluding hydrogens is 222 g/mol. The molecule has 88 valence electrons. The van der Waals surface area contributed by atoms with Gasteiger partial charge in [-0.3, -0.25) is 0 Å². The fraction of sp³-hybridized carbons (Fsp3) is 0.545.